The molecule has 0 aliphatic carbocycles. The molecule has 0 saturated heterocycles. The Labute approximate surface area is 85.1 Å². The van der Waals surface area contributed by atoms with Crippen molar-refractivity contribution < 1.29 is 4.79 Å². The van der Waals surface area contributed by atoms with E-state index in [0.29, 0.717) is 0 Å². The molecule has 0 fully saturated rings. The van der Waals surface area contributed by atoms with E-state index in [9.17, 15) is 4.79 Å². The third-order valence-electron chi connectivity index (χ3n) is 2.25. The van der Waals surface area contributed by atoms with Crippen molar-refractivity contribution in [1.29, 1.82) is 0 Å². The number of benzene rings is 1. The molecule has 1 aromatic rings. The van der Waals surface area contributed by atoms with Crippen LogP contribution in [-0.4, -0.2) is 5.78 Å². The lowest BCUT2D eigenvalue weighted by Crippen LogP contribution is -2.09. The van der Waals surface area contributed by atoms with Crippen molar-refractivity contribution in [2.45, 2.75) is 26.8 Å². The Bertz CT molecular complexity index is 312. The predicted octanol–water partition coefficient (Wildman–Crippen LogP) is 2.54. The molecular formula is C12H17NO. The van der Waals surface area contributed by atoms with Crippen LogP contribution in [0.4, 0.5) is 0 Å². The minimum atomic E-state index is 0.0261. The summed E-state index contributed by atoms with van der Waals surface area (Å²) in [6, 6.07) is 7.56. The van der Waals surface area contributed by atoms with E-state index in [1.807, 2.05) is 45.0 Å². The summed E-state index contributed by atoms with van der Waals surface area (Å²) in [6.45, 7) is 5.74. The summed E-state index contributed by atoms with van der Waals surface area (Å²) in [4.78, 5) is 11.6. The normalized spacial score (nSPS) is 12.9. The van der Waals surface area contributed by atoms with Crippen LogP contribution >= 0.6 is 0 Å². The molecule has 0 heterocycles. The van der Waals surface area contributed by atoms with Crippen molar-refractivity contribution in [3.05, 3.63) is 35.4 Å². The molecular weight excluding hydrogens is 174 g/mol. The van der Waals surface area contributed by atoms with Crippen molar-refractivity contribution >= 4 is 5.78 Å². The van der Waals surface area contributed by atoms with E-state index in [2.05, 4.69) is 0 Å². The third-order valence-corrected chi connectivity index (χ3v) is 2.25. The highest BCUT2D eigenvalue weighted by Gasteiger charge is 2.10. The van der Waals surface area contributed by atoms with E-state index in [0.717, 1.165) is 11.1 Å². The highest BCUT2D eigenvalue weighted by molar-refractivity contribution is 5.97. The molecule has 1 unspecified atom stereocenters. The van der Waals surface area contributed by atoms with Gasteiger partial charge in [-0.1, -0.05) is 38.1 Å². The molecule has 0 saturated carbocycles. The first-order valence-corrected chi connectivity index (χ1v) is 4.92. The van der Waals surface area contributed by atoms with E-state index in [4.69, 9.17) is 5.73 Å². The summed E-state index contributed by atoms with van der Waals surface area (Å²) in [5.41, 5.74) is 7.54. The number of hydrogen-bond donors (Lipinski definition) is 1. The number of carbonyl (C=O) groups is 1. The van der Waals surface area contributed by atoms with Crippen molar-refractivity contribution in [3.63, 3.8) is 0 Å². The molecule has 76 valence electrons. The molecule has 0 spiro atoms. The summed E-state index contributed by atoms with van der Waals surface area (Å²) in [5, 5.41) is 0. The molecule has 2 nitrogen and oxygen atoms in total. The van der Waals surface area contributed by atoms with Crippen LogP contribution < -0.4 is 5.73 Å². The van der Waals surface area contributed by atoms with Gasteiger partial charge in [-0.3, -0.25) is 4.79 Å². The summed E-state index contributed by atoms with van der Waals surface area (Å²) < 4.78 is 0. The smallest absolute Gasteiger partial charge is 0.165 e. The van der Waals surface area contributed by atoms with E-state index in [-0.39, 0.29) is 17.7 Å². The number of ketones is 1. The van der Waals surface area contributed by atoms with Gasteiger partial charge in [0.15, 0.2) is 5.78 Å². The molecule has 14 heavy (non-hydrogen) atoms. The van der Waals surface area contributed by atoms with Crippen LogP contribution in [0.2, 0.25) is 0 Å². The maximum absolute atomic E-state index is 11.6. The lowest BCUT2D eigenvalue weighted by molar-refractivity contribution is 0.0939. The van der Waals surface area contributed by atoms with Crippen LogP contribution in [0.15, 0.2) is 24.3 Å². The van der Waals surface area contributed by atoms with Gasteiger partial charge in [-0.05, 0) is 12.5 Å². The second kappa shape index (κ2) is 4.38. The van der Waals surface area contributed by atoms with Crippen LogP contribution in [0, 0.1) is 5.92 Å². The van der Waals surface area contributed by atoms with Crippen molar-refractivity contribution in [2.75, 3.05) is 0 Å². The molecule has 1 rings (SSSR count). The molecule has 0 aliphatic heterocycles. The largest absolute Gasteiger partial charge is 0.324 e. The fraction of sp³-hybridized carbons (Fsp3) is 0.417. The maximum Gasteiger partial charge on any atom is 0.165 e. The van der Waals surface area contributed by atoms with Crippen LogP contribution in [0.1, 0.15) is 42.7 Å². The average Bonchev–Trinajstić information content (AvgIpc) is 2.16. The molecule has 0 radical (unpaired) electrons. The average molecular weight is 191 g/mol. The van der Waals surface area contributed by atoms with Gasteiger partial charge in [0.1, 0.15) is 0 Å². The lowest BCUT2D eigenvalue weighted by Gasteiger charge is -2.07. The third kappa shape index (κ3) is 2.42. The SMILES string of the molecule is CC(C)C(=O)c1ccc(C(C)N)cc1. The molecule has 0 aromatic heterocycles. The summed E-state index contributed by atoms with van der Waals surface area (Å²) in [5.74, 6) is 0.234. The lowest BCUT2D eigenvalue weighted by atomic mass is 9.99. The molecule has 0 bridgehead atoms. The Morgan fingerprint density at radius 2 is 1.64 bits per heavy atom. The van der Waals surface area contributed by atoms with Gasteiger partial charge >= 0.3 is 0 Å². The maximum atomic E-state index is 11.6. The van der Waals surface area contributed by atoms with Crippen molar-refractivity contribution in [3.8, 4) is 0 Å². The van der Waals surface area contributed by atoms with Crippen molar-refractivity contribution in [1.82, 2.24) is 0 Å². The summed E-state index contributed by atoms with van der Waals surface area (Å²) in [6.07, 6.45) is 0. The van der Waals surface area contributed by atoms with Crippen LogP contribution in [-0.2, 0) is 0 Å². The van der Waals surface area contributed by atoms with E-state index in [1.54, 1.807) is 0 Å². The Morgan fingerprint density at radius 1 is 1.14 bits per heavy atom. The summed E-state index contributed by atoms with van der Waals surface area (Å²) >= 11 is 0. The highest BCUT2D eigenvalue weighted by atomic mass is 16.1. The van der Waals surface area contributed by atoms with Gasteiger partial charge in [0.25, 0.3) is 0 Å². The Morgan fingerprint density at radius 3 is 2.00 bits per heavy atom. The van der Waals surface area contributed by atoms with Gasteiger partial charge in [-0.2, -0.15) is 0 Å². The van der Waals surface area contributed by atoms with E-state index >= 15 is 0 Å². The molecule has 1 atom stereocenters. The fourth-order valence-corrected chi connectivity index (χ4v) is 1.28. The standard InChI is InChI=1S/C12H17NO/c1-8(2)12(14)11-6-4-10(5-7-11)9(3)13/h4-9H,13H2,1-3H3. The first-order chi connectivity index (χ1) is 6.52. The zero-order valence-corrected chi connectivity index (χ0v) is 8.95. The minimum absolute atomic E-state index is 0.0261. The molecule has 0 amide bonds. The Kier molecular flexibility index (Phi) is 3.42. The van der Waals surface area contributed by atoms with Gasteiger partial charge < -0.3 is 5.73 Å². The summed E-state index contributed by atoms with van der Waals surface area (Å²) in [7, 11) is 0. The monoisotopic (exact) mass is 191 g/mol. The first kappa shape index (κ1) is 10.9. The van der Waals surface area contributed by atoms with Gasteiger partial charge in [0, 0.05) is 17.5 Å². The first-order valence-electron chi connectivity index (χ1n) is 4.92. The van der Waals surface area contributed by atoms with E-state index < -0.39 is 0 Å². The topological polar surface area (TPSA) is 43.1 Å². The number of carbonyl (C=O) groups excluding carboxylic acids is 1. The number of hydrogen-bond acceptors (Lipinski definition) is 2. The second-order valence-electron chi connectivity index (χ2n) is 3.93. The van der Waals surface area contributed by atoms with Crippen LogP contribution in [0.3, 0.4) is 0 Å². The highest BCUT2D eigenvalue weighted by Crippen LogP contribution is 2.13. The molecule has 2 N–H and O–H groups in total. The second-order valence-corrected chi connectivity index (χ2v) is 3.93. The van der Waals surface area contributed by atoms with E-state index in [1.165, 1.54) is 0 Å². The Balaban J connectivity index is 2.89. The van der Waals surface area contributed by atoms with Gasteiger partial charge in [0.05, 0.1) is 0 Å². The predicted molar refractivity (Wildman–Crippen MR) is 58.2 cm³/mol. The fourth-order valence-electron chi connectivity index (χ4n) is 1.28. The zero-order chi connectivity index (χ0) is 10.7. The quantitative estimate of drug-likeness (QED) is 0.746. The van der Waals surface area contributed by atoms with Gasteiger partial charge in [-0.25, -0.2) is 0 Å². The van der Waals surface area contributed by atoms with Gasteiger partial charge in [0.2, 0.25) is 0 Å². The van der Waals surface area contributed by atoms with Crippen LogP contribution in [0.5, 0.6) is 0 Å². The number of Topliss-reactive ketones (excluding diaryl/α,β-unsaturated/α-hetero) is 1. The molecule has 1 aromatic carbocycles. The molecule has 0 aliphatic rings. The number of nitrogens with two attached hydrogens (primary N) is 1. The number of rotatable bonds is 3. The molecule has 2 heteroatoms. The van der Waals surface area contributed by atoms with Crippen LogP contribution in [0.25, 0.3) is 0 Å². The zero-order valence-electron chi connectivity index (χ0n) is 8.95. The van der Waals surface area contributed by atoms with Crippen molar-refractivity contribution in [2.24, 2.45) is 11.7 Å². The minimum Gasteiger partial charge on any atom is -0.324 e. The Hall–Kier alpha value is -1.15. The van der Waals surface area contributed by atoms with Gasteiger partial charge in [-0.15, -0.1) is 0 Å².